The molecular formula is C11H17ClN4O2S. The maximum absolute atomic E-state index is 11.4. The van der Waals surface area contributed by atoms with Crippen LogP contribution in [0, 0.1) is 0 Å². The largest absolute Gasteiger partial charge is 0.354 e. The molecule has 2 rings (SSSR count). The molecule has 106 valence electrons. The average molecular weight is 305 g/mol. The fourth-order valence-corrected chi connectivity index (χ4v) is 3.04. The minimum Gasteiger partial charge on any atom is -0.354 e. The van der Waals surface area contributed by atoms with Gasteiger partial charge >= 0.3 is 0 Å². The first-order chi connectivity index (χ1) is 8.90. The lowest BCUT2D eigenvalue weighted by Crippen LogP contribution is -2.48. The highest BCUT2D eigenvalue weighted by atomic mass is 35.5. The van der Waals surface area contributed by atoms with Gasteiger partial charge in [0.2, 0.25) is 10.0 Å². The number of anilines is 1. The van der Waals surface area contributed by atoms with Crippen molar-refractivity contribution < 1.29 is 8.42 Å². The van der Waals surface area contributed by atoms with E-state index in [-0.39, 0.29) is 0 Å². The van der Waals surface area contributed by atoms with Gasteiger partial charge in [0.05, 0.1) is 6.26 Å². The molecular weight excluding hydrogens is 288 g/mol. The molecule has 0 aliphatic carbocycles. The minimum atomic E-state index is -3.10. The normalized spacial score (nSPS) is 17.7. The lowest BCUT2D eigenvalue weighted by atomic mass is 10.3. The fourth-order valence-electron chi connectivity index (χ4n) is 2.02. The first-order valence-electron chi connectivity index (χ1n) is 6.13. The maximum atomic E-state index is 11.4. The zero-order chi connectivity index (χ0) is 14.0. The van der Waals surface area contributed by atoms with Gasteiger partial charge in [0, 0.05) is 38.7 Å². The second-order valence-electron chi connectivity index (χ2n) is 4.47. The zero-order valence-electron chi connectivity index (χ0n) is 11.0. The quantitative estimate of drug-likeness (QED) is 0.772. The molecule has 0 spiro atoms. The van der Waals surface area contributed by atoms with Gasteiger partial charge in [-0.2, -0.15) is 4.31 Å². The van der Waals surface area contributed by atoms with Crippen LogP contribution in [0.2, 0.25) is 5.15 Å². The molecule has 1 aliphatic heterocycles. The third kappa shape index (κ3) is 3.55. The van der Waals surface area contributed by atoms with E-state index in [2.05, 4.69) is 9.97 Å². The van der Waals surface area contributed by atoms with Crippen molar-refractivity contribution in [1.29, 1.82) is 0 Å². The predicted molar refractivity (Wildman–Crippen MR) is 75.0 cm³/mol. The van der Waals surface area contributed by atoms with E-state index in [1.54, 1.807) is 6.07 Å². The monoisotopic (exact) mass is 304 g/mol. The van der Waals surface area contributed by atoms with Crippen LogP contribution in [0.1, 0.15) is 12.7 Å². The van der Waals surface area contributed by atoms with Crippen LogP contribution < -0.4 is 4.90 Å². The lowest BCUT2D eigenvalue weighted by molar-refractivity contribution is 0.387. The number of nitrogens with zero attached hydrogens (tertiary/aromatic N) is 4. The van der Waals surface area contributed by atoms with Gasteiger partial charge in [-0.25, -0.2) is 18.4 Å². The van der Waals surface area contributed by atoms with E-state index in [0.29, 0.717) is 37.2 Å². The second-order valence-corrected chi connectivity index (χ2v) is 6.84. The van der Waals surface area contributed by atoms with Crippen LogP contribution in [-0.2, 0) is 16.4 Å². The Morgan fingerprint density at radius 3 is 2.42 bits per heavy atom. The van der Waals surface area contributed by atoms with Crippen molar-refractivity contribution in [3.63, 3.8) is 0 Å². The van der Waals surface area contributed by atoms with Gasteiger partial charge in [0.15, 0.2) is 0 Å². The summed E-state index contributed by atoms with van der Waals surface area (Å²) >= 11 is 5.97. The molecule has 0 saturated carbocycles. The van der Waals surface area contributed by atoms with Crippen molar-refractivity contribution in [3.05, 3.63) is 17.0 Å². The molecule has 1 aromatic heterocycles. The Labute approximate surface area is 118 Å². The van der Waals surface area contributed by atoms with Gasteiger partial charge in [-0.15, -0.1) is 0 Å². The average Bonchev–Trinajstić information content (AvgIpc) is 2.37. The summed E-state index contributed by atoms with van der Waals surface area (Å²) in [5.74, 6) is 1.47. The highest BCUT2D eigenvalue weighted by Crippen LogP contribution is 2.18. The first kappa shape index (κ1) is 14.5. The predicted octanol–water partition coefficient (Wildman–Crippen LogP) is 0.774. The van der Waals surface area contributed by atoms with Crippen molar-refractivity contribution in [3.8, 4) is 0 Å². The van der Waals surface area contributed by atoms with Gasteiger partial charge < -0.3 is 4.90 Å². The van der Waals surface area contributed by atoms with Crippen LogP contribution in [0.5, 0.6) is 0 Å². The summed E-state index contributed by atoms with van der Waals surface area (Å²) in [5.41, 5.74) is 0. The Hall–Kier alpha value is -0.920. The molecule has 19 heavy (non-hydrogen) atoms. The molecule has 0 aromatic carbocycles. The first-order valence-corrected chi connectivity index (χ1v) is 8.36. The SMILES string of the molecule is CCc1nc(Cl)cc(N2CCN(S(C)(=O)=O)CC2)n1. The van der Waals surface area contributed by atoms with Crippen LogP contribution in [0.15, 0.2) is 6.07 Å². The Morgan fingerprint density at radius 1 is 1.26 bits per heavy atom. The van der Waals surface area contributed by atoms with Crippen molar-refractivity contribution in [1.82, 2.24) is 14.3 Å². The van der Waals surface area contributed by atoms with Crippen LogP contribution >= 0.6 is 11.6 Å². The molecule has 0 bridgehead atoms. The number of aryl methyl sites for hydroxylation is 1. The number of hydrogen-bond acceptors (Lipinski definition) is 5. The highest BCUT2D eigenvalue weighted by Gasteiger charge is 2.24. The van der Waals surface area contributed by atoms with Gasteiger partial charge in [0.1, 0.15) is 16.8 Å². The van der Waals surface area contributed by atoms with Crippen LogP contribution in [-0.4, -0.2) is 55.1 Å². The van der Waals surface area contributed by atoms with Gasteiger partial charge in [-0.3, -0.25) is 0 Å². The molecule has 0 N–H and O–H groups in total. The third-order valence-corrected chi connectivity index (χ3v) is 4.57. The van der Waals surface area contributed by atoms with E-state index in [1.807, 2.05) is 11.8 Å². The Kier molecular flexibility index (Phi) is 4.27. The lowest BCUT2D eigenvalue weighted by Gasteiger charge is -2.34. The van der Waals surface area contributed by atoms with E-state index in [0.717, 1.165) is 12.2 Å². The summed E-state index contributed by atoms with van der Waals surface area (Å²) in [6, 6.07) is 1.72. The van der Waals surface area contributed by atoms with Gasteiger partial charge in [-0.05, 0) is 0 Å². The molecule has 1 fully saturated rings. The molecule has 0 atom stereocenters. The van der Waals surface area contributed by atoms with E-state index < -0.39 is 10.0 Å². The number of hydrogen-bond donors (Lipinski definition) is 0. The Morgan fingerprint density at radius 2 is 1.89 bits per heavy atom. The highest BCUT2D eigenvalue weighted by molar-refractivity contribution is 7.88. The number of aromatic nitrogens is 2. The molecule has 1 aliphatic rings. The molecule has 0 amide bonds. The summed E-state index contributed by atoms with van der Waals surface area (Å²) < 4.78 is 24.4. The summed E-state index contributed by atoms with van der Waals surface area (Å²) in [5, 5.41) is 0.424. The summed E-state index contributed by atoms with van der Waals surface area (Å²) in [4.78, 5) is 10.6. The molecule has 1 aromatic rings. The Bertz CT molecular complexity index is 556. The number of rotatable bonds is 3. The molecule has 8 heteroatoms. The van der Waals surface area contributed by atoms with Crippen molar-refractivity contribution in [2.75, 3.05) is 37.3 Å². The van der Waals surface area contributed by atoms with Crippen LogP contribution in [0.3, 0.4) is 0 Å². The second kappa shape index (κ2) is 5.60. The molecule has 0 radical (unpaired) electrons. The van der Waals surface area contributed by atoms with Crippen LogP contribution in [0.25, 0.3) is 0 Å². The summed E-state index contributed by atoms with van der Waals surface area (Å²) in [6.07, 6.45) is 1.95. The summed E-state index contributed by atoms with van der Waals surface area (Å²) in [7, 11) is -3.10. The van der Waals surface area contributed by atoms with Crippen molar-refractivity contribution in [2.24, 2.45) is 0 Å². The maximum Gasteiger partial charge on any atom is 0.211 e. The van der Waals surface area contributed by atoms with Crippen molar-refractivity contribution >= 4 is 27.4 Å². The topological polar surface area (TPSA) is 66.4 Å². The number of halogens is 1. The smallest absolute Gasteiger partial charge is 0.211 e. The van der Waals surface area contributed by atoms with E-state index >= 15 is 0 Å². The number of piperazine rings is 1. The van der Waals surface area contributed by atoms with Gasteiger partial charge in [-0.1, -0.05) is 18.5 Å². The molecule has 1 saturated heterocycles. The number of sulfonamides is 1. The van der Waals surface area contributed by atoms with Crippen LogP contribution in [0.4, 0.5) is 5.82 Å². The standard InChI is InChI=1S/C11H17ClN4O2S/c1-3-10-13-9(12)8-11(14-10)15-4-6-16(7-5-15)19(2,17)18/h8H,3-7H2,1-2H3. The Balaban J connectivity index is 2.11. The third-order valence-electron chi connectivity index (χ3n) is 3.08. The molecule has 0 unspecified atom stereocenters. The van der Waals surface area contributed by atoms with E-state index in [9.17, 15) is 8.42 Å². The van der Waals surface area contributed by atoms with Gasteiger partial charge in [0.25, 0.3) is 0 Å². The fraction of sp³-hybridized carbons (Fsp3) is 0.636. The molecule has 2 heterocycles. The van der Waals surface area contributed by atoms with E-state index in [1.165, 1.54) is 10.6 Å². The van der Waals surface area contributed by atoms with E-state index in [4.69, 9.17) is 11.6 Å². The minimum absolute atomic E-state index is 0.424. The zero-order valence-corrected chi connectivity index (χ0v) is 12.6. The summed E-state index contributed by atoms with van der Waals surface area (Å²) in [6.45, 7) is 4.15. The molecule has 6 nitrogen and oxygen atoms in total. The van der Waals surface area contributed by atoms with Crippen molar-refractivity contribution in [2.45, 2.75) is 13.3 Å².